The van der Waals surface area contributed by atoms with Crippen molar-refractivity contribution in [3.8, 4) is 0 Å². The third kappa shape index (κ3) is 1.67. The molecule has 0 aromatic heterocycles. The zero-order valence-electron chi connectivity index (χ0n) is 6.94. The Kier molecular flexibility index (Phi) is 2.60. The highest BCUT2D eigenvalue weighted by atomic mass is 32.2. The zero-order valence-corrected chi connectivity index (χ0v) is 7.75. The summed E-state index contributed by atoms with van der Waals surface area (Å²) in [5.41, 5.74) is 0.436. The fourth-order valence-electron chi connectivity index (χ4n) is 0.849. The van der Waals surface area contributed by atoms with E-state index in [-0.39, 0.29) is 16.2 Å². The maximum absolute atomic E-state index is 11.1. The summed E-state index contributed by atoms with van der Waals surface area (Å²) in [7, 11) is 0. The van der Waals surface area contributed by atoms with E-state index in [0.717, 1.165) is 0 Å². The molecule has 0 fully saturated rings. The van der Waals surface area contributed by atoms with Gasteiger partial charge in [-0.1, -0.05) is 0 Å². The van der Waals surface area contributed by atoms with Gasteiger partial charge in [-0.25, -0.2) is 0 Å². The summed E-state index contributed by atoms with van der Waals surface area (Å²) in [6.07, 6.45) is 0. The maximum Gasteiger partial charge on any atom is 0.325 e. The van der Waals surface area contributed by atoms with E-state index in [4.69, 9.17) is 4.55 Å². The van der Waals surface area contributed by atoms with Crippen molar-refractivity contribution in [2.45, 2.75) is 13.8 Å². The smallest absolute Gasteiger partial charge is 0.282 e. The van der Waals surface area contributed by atoms with E-state index in [0.29, 0.717) is 0 Å². The number of carbonyl (C=O) groups excluding carboxylic acids is 2. The predicted octanol–water partition coefficient (Wildman–Crippen LogP) is -0.240. The van der Waals surface area contributed by atoms with Crippen LogP contribution in [0.2, 0.25) is 0 Å². The first-order valence-corrected chi connectivity index (χ1v) is 4.34. The van der Waals surface area contributed by atoms with Gasteiger partial charge in [-0.05, 0) is 13.8 Å². The fourth-order valence-corrected chi connectivity index (χ4v) is 1.11. The van der Waals surface area contributed by atoms with E-state index in [1.54, 1.807) is 0 Å². The Balaban J connectivity index is 2.91. The molecule has 0 aromatic carbocycles. The number of amides is 2. The van der Waals surface area contributed by atoms with Crippen molar-refractivity contribution in [3.63, 3.8) is 0 Å². The summed E-state index contributed by atoms with van der Waals surface area (Å²) >= 11 is -2.67. The van der Waals surface area contributed by atoms with E-state index in [1.165, 1.54) is 13.8 Å². The highest BCUT2D eigenvalue weighted by molar-refractivity contribution is 7.74. The SMILES string of the molecule is CC1=C(C)C(=O)N(OS(=O)O)C1=O. The number of nitrogens with zero attached hydrogens (tertiary/aromatic N) is 1. The lowest BCUT2D eigenvalue weighted by Crippen LogP contribution is -2.32. The van der Waals surface area contributed by atoms with Crippen LogP contribution in [0.5, 0.6) is 0 Å². The van der Waals surface area contributed by atoms with Gasteiger partial charge in [0.15, 0.2) is 0 Å². The lowest BCUT2D eigenvalue weighted by atomic mass is 10.2. The minimum atomic E-state index is -2.67. The Labute approximate surface area is 76.6 Å². The molecule has 1 rings (SSSR count). The lowest BCUT2D eigenvalue weighted by molar-refractivity contribution is -0.162. The second-order valence-electron chi connectivity index (χ2n) is 2.45. The van der Waals surface area contributed by atoms with Crippen molar-refractivity contribution < 1.29 is 22.6 Å². The molecule has 1 unspecified atom stereocenters. The molecular weight excluding hydrogens is 198 g/mol. The summed E-state index contributed by atoms with van der Waals surface area (Å²) in [6, 6.07) is 0. The molecule has 72 valence electrons. The summed E-state index contributed by atoms with van der Waals surface area (Å²) in [6.45, 7) is 2.89. The second kappa shape index (κ2) is 3.36. The second-order valence-corrected chi connectivity index (χ2v) is 3.03. The van der Waals surface area contributed by atoms with Gasteiger partial charge < -0.3 is 0 Å². The van der Waals surface area contributed by atoms with Gasteiger partial charge in [0.25, 0.3) is 11.8 Å². The molecule has 1 aliphatic heterocycles. The summed E-state index contributed by atoms with van der Waals surface area (Å²) < 4.78 is 22.6. The van der Waals surface area contributed by atoms with Crippen LogP contribution in [0.1, 0.15) is 13.8 Å². The summed E-state index contributed by atoms with van der Waals surface area (Å²) in [5, 5.41) is 0.279. The third-order valence-electron chi connectivity index (χ3n) is 1.71. The van der Waals surface area contributed by atoms with Gasteiger partial charge in [0, 0.05) is 11.1 Å². The van der Waals surface area contributed by atoms with Gasteiger partial charge >= 0.3 is 11.4 Å². The van der Waals surface area contributed by atoms with Crippen LogP contribution in [-0.2, 0) is 25.2 Å². The molecule has 6 nitrogen and oxygen atoms in total. The van der Waals surface area contributed by atoms with Crippen LogP contribution in [0, 0.1) is 0 Å². The molecule has 13 heavy (non-hydrogen) atoms. The summed E-state index contributed by atoms with van der Waals surface area (Å²) in [5.74, 6) is -1.41. The minimum Gasteiger partial charge on any atom is -0.282 e. The highest BCUT2D eigenvalue weighted by Gasteiger charge is 2.36. The molecule has 1 heterocycles. The van der Waals surface area contributed by atoms with Crippen molar-refractivity contribution in [1.82, 2.24) is 5.06 Å². The number of rotatable bonds is 2. The zero-order chi connectivity index (χ0) is 10.2. The molecule has 1 aliphatic rings. The van der Waals surface area contributed by atoms with Crippen molar-refractivity contribution >= 4 is 23.2 Å². The predicted molar refractivity (Wildman–Crippen MR) is 42.1 cm³/mol. The Morgan fingerprint density at radius 2 is 1.62 bits per heavy atom. The molecule has 0 saturated carbocycles. The van der Waals surface area contributed by atoms with Gasteiger partial charge in [-0.2, -0.15) is 4.21 Å². The summed E-state index contributed by atoms with van der Waals surface area (Å²) in [4.78, 5) is 22.3. The molecular formula is C6H7NO5S. The van der Waals surface area contributed by atoms with Gasteiger partial charge in [0.05, 0.1) is 0 Å². The first-order valence-electron chi connectivity index (χ1n) is 3.30. The molecule has 1 atom stereocenters. The van der Waals surface area contributed by atoms with Gasteiger partial charge in [0.2, 0.25) is 0 Å². The average molecular weight is 205 g/mol. The van der Waals surface area contributed by atoms with Crippen LogP contribution in [-0.4, -0.2) is 25.6 Å². The molecule has 2 amide bonds. The first-order chi connectivity index (χ1) is 5.95. The van der Waals surface area contributed by atoms with Crippen molar-refractivity contribution in [3.05, 3.63) is 11.1 Å². The Morgan fingerprint density at radius 3 is 1.92 bits per heavy atom. The molecule has 0 radical (unpaired) electrons. The van der Waals surface area contributed by atoms with E-state index in [2.05, 4.69) is 4.28 Å². The highest BCUT2D eigenvalue weighted by Crippen LogP contribution is 2.19. The van der Waals surface area contributed by atoms with Crippen LogP contribution in [0.15, 0.2) is 11.1 Å². The molecule has 0 saturated heterocycles. The average Bonchev–Trinajstić information content (AvgIpc) is 2.22. The molecule has 1 N–H and O–H groups in total. The molecule has 7 heteroatoms. The maximum atomic E-state index is 11.1. The largest absolute Gasteiger partial charge is 0.325 e. The fraction of sp³-hybridized carbons (Fsp3) is 0.333. The molecule has 0 aliphatic carbocycles. The van der Waals surface area contributed by atoms with E-state index in [1.807, 2.05) is 0 Å². The van der Waals surface area contributed by atoms with Crippen LogP contribution >= 0.6 is 0 Å². The topological polar surface area (TPSA) is 83.9 Å². The van der Waals surface area contributed by atoms with E-state index >= 15 is 0 Å². The van der Waals surface area contributed by atoms with Crippen LogP contribution in [0.4, 0.5) is 0 Å². The number of hydrogen-bond donors (Lipinski definition) is 1. The van der Waals surface area contributed by atoms with Crippen LogP contribution in [0.3, 0.4) is 0 Å². The molecule has 0 bridgehead atoms. The van der Waals surface area contributed by atoms with Crippen LogP contribution in [0.25, 0.3) is 0 Å². The van der Waals surface area contributed by atoms with Crippen molar-refractivity contribution in [2.24, 2.45) is 0 Å². The standard InChI is InChI=1S/C6H7NO5S/c1-3-4(2)6(9)7(5(3)8)12-13(10)11/h1-2H3,(H,10,11). The Morgan fingerprint density at radius 1 is 1.23 bits per heavy atom. The minimum absolute atomic E-state index is 0.218. The number of imide groups is 1. The van der Waals surface area contributed by atoms with E-state index < -0.39 is 23.2 Å². The normalized spacial score (nSPS) is 20.1. The van der Waals surface area contributed by atoms with Crippen LogP contribution < -0.4 is 0 Å². The number of carbonyl (C=O) groups is 2. The Hall–Kier alpha value is -1.05. The molecule has 0 aromatic rings. The van der Waals surface area contributed by atoms with Gasteiger partial charge in [-0.15, -0.1) is 9.35 Å². The molecule has 0 spiro atoms. The Bertz CT molecular complexity index is 310. The number of hydroxylamine groups is 2. The van der Waals surface area contributed by atoms with Gasteiger partial charge in [-0.3, -0.25) is 14.1 Å². The van der Waals surface area contributed by atoms with Gasteiger partial charge in [0.1, 0.15) is 0 Å². The van der Waals surface area contributed by atoms with E-state index in [9.17, 15) is 13.8 Å². The van der Waals surface area contributed by atoms with Crippen molar-refractivity contribution in [2.75, 3.05) is 0 Å². The third-order valence-corrected chi connectivity index (χ3v) is 1.99. The quantitative estimate of drug-likeness (QED) is 0.496. The monoisotopic (exact) mass is 205 g/mol. The lowest BCUT2D eigenvalue weighted by Gasteiger charge is -2.08. The van der Waals surface area contributed by atoms with Crippen molar-refractivity contribution in [1.29, 1.82) is 0 Å². The number of hydrogen-bond acceptors (Lipinski definition) is 4. The first kappa shape index (κ1) is 10.0.